The zero-order chi connectivity index (χ0) is 11.3. The van der Waals surface area contributed by atoms with Crippen LogP contribution in [0.4, 0.5) is 0 Å². The molecule has 0 heterocycles. The van der Waals surface area contributed by atoms with Crippen LogP contribution in [0.25, 0.3) is 0 Å². The van der Waals surface area contributed by atoms with Crippen LogP contribution < -0.4 is 11.2 Å². The number of carbonyl (C=O) groups excluding carboxylic acids is 1. The lowest BCUT2D eigenvalue weighted by Crippen LogP contribution is -2.24. The molecule has 0 aliphatic heterocycles. The minimum atomic E-state index is -0.548. The number of primary amides is 1. The number of halogens is 2. The Morgan fingerprint density at radius 1 is 1.40 bits per heavy atom. The van der Waals surface area contributed by atoms with Crippen molar-refractivity contribution in [2.75, 3.05) is 6.61 Å². The molecule has 0 aliphatic rings. The molecule has 0 fully saturated rings. The zero-order valence-electron chi connectivity index (χ0n) is 7.80. The maximum atomic E-state index is 10.3. The third-order valence-electron chi connectivity index (χ3n) is 1.63. The van der Waals surface area contributed by atoms with Crippen molar-refractivity contribution in [2.45, 2.75) is 6.54 Å². The van der Waals surface area contributed by atoms with Gasteiger partial charge in [0.1, 0.15) is 6.61 Å². The van der Waals surface area contributed by atoms with Crippen LogP contribution in [0.15, 0.2) is 18.2 Å². The molecule has 0 unspecified atom stereocenters. The second-order valence-corrected chi connectivity index (χ2v) is 3.59. The summed E-state index contributed by atoms with van der Waals surface area (Å²) < 4.78 is 0. The molecule has 0 spiro atoms. The highest BCUT2D eigenvalue weighted by molar-refractivity contribution is 6.35. The number of hydrogen-bond acceptors (Lipinski definition) is 3. The first kappa shape index (κ1) is 12.3. The van der Waals surface area contributed by atoms with Crippen LogP contribution in [0.3, 0.4) is 0 Å². The maximum Gasteiger partial charge on any atom is 0.245 e. The van der Waals surface area contributed by atoms with Crippen molar-refractivity contribution in [3.05, 3.63) is 33.8 Å². The molecule has 0 saturated carbocycles. The van der Waals surface area contributed by atoms with Crippen molar-refractivity contribution in [1.82, 2.24) is 5.48 Å². The van der Waals surface area contributed by atoms with Gasteiger partial charge in [0.25, 0.3) is 0 Å². The van der Waals surface area contributed by atoms with Crippen molar-refractivity contribution in [3.63, 3.8) is 0 Å². The SMILES string of the molecule is NC(=O)CONCc1c(Cl)cccc1Cl. The van der Waals surface area contributed by atoms with E-state index in [4.69, 9.17) is 33.8 Å². The lowest BCUT2D eigenvalue weighted by atomic mass is 10.2. The van der Waals surface area contributed by atoms with Crippen LogP contribution in [0, 0.1) is 0 Å². The van der Waals surface area contributed by atoms with Gasteiger partial charge >= 0.3 is 0 Å². The smallest absolute Gasteiger partial charge is 0.245 e. The molecule has 15 heavy (non-hydrogen) atoms. The third kappa shape index (κ3) is 4.05. The van der Waals surface area contributed by atoms with Crippen molar-refractivity contribution in [2.24, 2.45) is 5.73 Å². The molecule has 3 N–H and O–H groups in total. The van der Waals surface area contributed by atoms with Crippen molar-refractivity contribution >= 4 is 29.1 Å². The molecule has 0 aromatic heterocycles. The van der Waals surface area contributed by atoms with E-state index in [0.717, 1.165) is 0 Å². The monoisotopic (exact) mass is 248 g/mol. The summed E-state index contributed by atoms with van der Waals surface area (Å²) in [4.78, 5) is 15.1. The topological polar surface area (TPSA) is 64.4 Å². The molecule has 82 valence electrons. The molecule has 4 nitrogen and oxygen atoms in total. The van der Waals surface area contributed by atoms with Crippen molar-refractivity contribution in [3.8, 4) is 0 Å². The van der Waals surface area contributed by atoms with Crippen LogP contribution in [0.1, 0.15) is 5.56 Å². The summed E-state index contributed by atoms with van der Waals surface area (Å²) in [6, 6.07) is 5.19. The highest BCUT2D eigenvalue weighted by Crippen LogP contribution is 2.23. The Kier molecular flexibility index (Phi) is 4.84. The third-order valence-corrected chi connectivity index (χ3v) is 2.34. The van der Waals surface area contributed by atoms with Crippen LogP contribution in [0.5, 0.6) is 0 Å². The molecule has 1 aromatic rings. The second kappa shape index (κ2) is 5.92. The number of nitrogens with one attached hydrogen (secondary N) is 1. The van der Waals surface area contributed by atoms with E-state index in [1.807, 2.05) is 0 Å². The lowest BCUT2D eigenvalue weighted by molar-refractivity contribution is -0.125. The van der Waals surface area contributed by atoms with E-state index in [1.54, 1.807) is 18.2 Å². The van der Waals surface area contributed by atoms with E-state index in [1.165, 1.54) is 0 Å². The fraction of sp³-hybridized carbons (Fsp3) is 0.222. The predicted molar refractivity (Wildman–Crippen MR) is 58.4 cm³/mol. The molecule has 0 atom stereocenters. The average Bonchev–Trinajstić information content (AvgIpc) is 2.15. The first-order valence-corrected chi connectivity index (χ1v) is 4.92. The Hall–Kier alpha value is -0.810. The molecule has 0 bridgehead atoms. The number of benzene rings is 1. The Balaban J connectivity index is 2.47. The summed E-state index contributed by atoms with van der Waals surface area (Å²) in [6.45, 7) is 0.119. The minimum Gasteiger partial charge on any atom is -0.368 e. The molecular weight excluding hydrogens is 239 g/mol. The van der Waals surface area contributed by atoms with Crippen LogP contribution >= 0.6 is 23.2 Å². The molecule has 0 aliphatic carbocycles. The molecule has 1 aromatic carbocycles. The van der Waals surface area contributed by atoms with E-state index >= 15 is 0 Å². The highest BCUT2D eigenvalue weighted by atomic mass is 35.5. The number of hydrogen-bond donors (Lipinski definition) is 2. The van der Waals surface area contributed by atoms with Gasteiger partial charge in [0, 0.05) is 22.2 Å². The van der Waals surface area contributed by atoms with E-state index in [9.17, 15) is 4.79 Å². The van der Waals surface area contributed by atoms with E-state index in [2.05, 4.69) is 5.48 Å². The van der Waals surface area contributed by atoms with Gasteiger partial charge in [-0.15, -0.1) is 0 Å². The van der Waals surface area contributed by atoms with Gasteiger partial charge in [-0.25, -0.2) is 0 Å². The quantitative estimate of drug-likeness (QED) is 0.614. The Morgan fingerprint density at radius 3 is 2.53 bits per heavy atom. The lowest BCUT2D eigenvalue weighted by Gasteiger charge is -2.07. The summed E-state index contributed by atoms with van der Waals surface area (Å²) in [5.74, 6) is -0.548. The Bertz CT molecular complexity index is 338. The number of rotatable bonds is 5. The van der Waals surface area contributed by atoms with Gasteiger partial charge in [-0.05, 0) is 12.1 Å². The molecule has 0 saturated heterocycles. The second-order valence-electron chi connectivity index (χ2n) is 2.78. The van der Waals surface area contributed by atoms with E-state index in [-0.39, 0.29) is 6.61 Å². The number of amides is 1. The first-order valence-electron chi connectivity index (χ1n) is 4.17. The van der Waals surface area contributed by atoms with Gasteiger partial charge in [-0.3, -0.25) is 9.63 Å². The van der Waals surface area contributed by atoms with Crippen LogP contribution in [-0.2, 0) is 16.2 Å². The van der Waals surface area contributed by atoms with Crippen molar-refractivity contribution < 1.29 is 9.63 Å². The van der Waals surface area contributed by atoms with Gasteiger partial charge in [0.15, 0.2) is 0 Å². The number of carbonyl (C=O) groups is 1. The van der Waals surface area contributed by atoms with Crippen LogP contribution in [-0.4, -0.2) is 12.5 Å². The van der Waals surface area contributed by atoms with Crippen molar-refractivity contribution in [1.29, 1.82) is 0 Å². The summed E-state index contributed by atoms with van der Waals surface area (Å²) in [5, 5.41) is 1.08. The average molecular weight is 249 g/mol. The summed E-state index contributed by atoms with van der Waals surface area (Å²) >= 11 is 11.8. The van der Waals surface area contributed by atoms with Gasteiger partial charge in [-0.2, -0.15) is 5.48 Å². The molecular formula is C9H10Cl2N2O2. The summed E-state index contributed by atoms with van der Waals surface area (Å²) in [6.07, 6.45) is 0. The number of hydroxylamine groups is 1. The van der Waals surface area contributed by atoms with Gasteiger partial charge < -0.3 is 5.73 Å². The molecule has 1 rings (SSSR count). The fourth-order valence-electron chi connectivity index (χ4n) is 0.947. The molecule has 1 amide bonds. The van der Waals surface area contributed by atoms with Gasteiger partial charge in [-0.1, -0.05) is 29.3 Å². The van der Waals surface area contributed by atoms with Crippen LogP contribution in [0.2, 0.25) is 10.0 Å². The van der Waals surface area contributed by atoms with Gasteiger partial charge in [0.05, 0.1) is 0 Å². The van der Waals surface area contributed by atoms with E-state index in [0.29, 0.717) is 22.2 Å². The highest BCUT2D eigenvalue weighted by Gasteiger charge is 2.04. The largest absolute Gasteiger partial charge is 0.368 e. The first-order chi connectivity index (χ1) is 7.11. The van der Waals surface area contributed by atoms with E-state index < -0.39 is 5.91 Å². The summed E-state index contributed by atoms with van der Waals surface area (Å²) in [7, 11) is 0. The normalized spacial score (nSPS) is 10.3. The Labute approximate surface area is 97.3 Å². The van der Waals surface area contributed by atoms with Gasteiger partial charge in [0.2, 0.25) is 5.91 Å². The minimum absolute atomic E-state index is 0.192. The molecule has 6 heteroatoms. The summed E-state index contributed by atoms with van der Waals surface area (Å²) in [5.41, 5.74) is 8.13. The Morgan fingerprint density at radius 2 is 2.00 bits per heavy atom. The zero-order valence-corrected chi connectivity index (χ0v) is 9.31. The molecule has 0 radical (unpaired) electrons. The predicted octanol–water partition coefficient (Wildman–Crippen LogP) is 1.50. The maximum absolute atomic E-state index is 10.3. The fourth-order valence-corrected chi connectivity index (χ4v) is 1.48. The number of nitrogens with two attached hydrogens (primary N) is 1. The standard InChI is InChI=1S/C9H10Cl2N2O2/c10-7-2-1-3-8(11)6(7)4-13-15-5-9(12)14/h1-3,13H,4-5H2,(H2,12,14).